The van der Waals surface area contributed by atoms with E-state index in [0.29, 0.717) is 0 Å². The summed E-state index contributed by atoms with van der Waals surface area (Å²) in [6, 6.07) is 8.13. The van der Waals surface area contributed by atoms with Crippen LogP contribution in [0.15, 0.2) is 36.0 Å². The van der Waals surface area contributed by atoms with E-state index in [1.807, 2.05) is 24.3 Å². The molecule has 12 heavy (non-hydrogen) atoms. The Kier molecular flexibility index (Phi) is 1.70. The van der Waals surface area contributed by atoms with Crippen molar-refractivity contribution < 1.29 is 0 Å². The van der Waals surface area contributed by atoms with Gasteiger partial charge in [0.15, 0.2) is 0 Å². The van der Waals surface area contributed by atoms with Crippen LogP contribution in [0.5, 0.6) is 0 Å². The number of hydrogen-bond acceptors (Lipinski definition) is 2. The van der Waals surface area contributed by atoms with Crippen molar-refractivity contribution in [2.75, 3.05) is 0 Å². The highest BCUT2D eigenvalue weighted by Crippen LogP contribution is 2.18. The molecule has 2 rings (SSSR count). The van der Waals surface area contributed by atoms with Gasteiger partial charge in [-0.3, -0.25) is 0 Å². The zero-order valence-electron chi connectivity index (χ0n) is 6.58. The first kappa shape index (κ1) is 7.50. The SMILES string of the molecule is NC1=CCc2ccccc2C1=S. The quantitative estimate of drug-likeness (QED) is 0.608. The maximum Gasteiger partial charge on any atom is 0.0678 e. The van der Waals surface area contributed by atoms with E-state index in [-0.39, 0.29) is 0 Å². The monoisotopic (exact) mass is 175 g/mol. The van der Waals surface area contributed by atoms with Crippen molar-refractivity contribution in [1.29, 1.82) is 0 Å². The van der Waals surface area contributed by atoms with Gasteiger partial charge in [-0.25, -0.2) is 0 Å². The molecule has 60 valence electrons. The summed E-state index contributed by atoms with van der Waals surface area (Å²) in [5.41, 5.74) is 8.85. The van der Waals surface area contributed by atoms with Gasteiger partial charge < -0.3 is 5.73 Å². The topological polar surface area (TPSA) is 26.0 Å². The molecule has 0 aliphatic heterocycles. The molecule has 1 aromatic carbocycles. The van der Waals surface area contributed by atoms with Crippen molar-refractivity contribution in [3.05, 3.63) is 47.2 Å². The van der Waals surface area contributed by atoms with Gasteiger partial charge >= 0.3 is 0 Å². The third kappa shape index (κ3) is 1.04. The molecule has 2 heteroatoms. The fraction of sp³-hybridized carbons (Fsp3) is 0.100. The summed E-state index contributed by atoms with van der Waals surface area (Å²) in [6.07, 6.45) is 2.88. The predicted molar refractivity (Wildman–Crippen MR) is 54.1 cm³/mol. The van der Waals surface area contributed by atoms with Crippen molar-refractivity contribution in [2.45, 2.75) is 6.42 Å². The van der Waals surface area contributed by atoms with Gasteiger partial charge in [-0.2, -0.15) is 0 Å². The van der Waals surface area contributed by atoms with Crippen LogP contribution in [0.3, 0.4) is 0 Å². The largest absolute Gasteiger partial charge is 0.398 e. The first-order valence-electron chi connectivity index (χ1n) is 3.87. The van der Waals surface area contributed by atoms with E-state index < -0.39 is 0 Å². The van der Waals surface area contributed by atoms with Gasteiger partial charge in [0.05, 0.1) is 4.86 Å². The maximum atomic E-state index is 5.71. The Balaban J connectivity index is 2.57. The molecule has 1 nitrogen and oxygen atoms in total. The van der Waals surface area contributed by atoms with E-state index >= 15 is 0 Å². The van der Waals surface area contributed by atoms with Crippen molar-refractivity contribution in [3.63, 3.8) is 0 Å². The van der Waals surface area contributed by atoms with Gasteiger partial charge in [-0.1, -0.05) is 42.6 Å². The first-order valence-corrected chi connectivity index (χ1v) is 4.28. The Morgan fingerprint density at radius 3 is 2.83 bits per heavy atom. The van der Waals surface area contributed by atoms with E-state index in [1.54, 1.807) is 0 Å². The average molecular weight is 175 g/mol. The lowest BCUT2D eigenvalue weighted by molar-refractivity contribution is 1.20. The van der Waals surface area contributed by atoms with Crippen LogP contribution in [0.2, 0.25) is 0 Å². The van der Waals surface area contributed by atoms with E-state index in [1.165, 1.54) is 5.56 Å². The first-order chi connectivity index (χ1) is 5.79. The van der Waals surface area contributed by atoms with Gasteiger partial charge in [0.25, 0.3) is 0 Å². The molecule has 1 aliphatic rings. The van der Waals surface area contributed by atoms with Crippen molar-refractivity contribution in [3.8, 4) is 0 Å². The molecule has 0 saturated carbocycles. The smallest absolute Gasteiger partial charge is 0.0678 e. The molecule has 0 aromatic heterocycles. The fourth-order valence-electron chi connectivity index (χ4n) is 1.39. The standard InChI is InChI=1S/C10H9NS/c11-9-6-5-7-3-1-2-4-8(7)10(9)12/h1-4,6H,5,11H2. The summed E-state index contributed by atoms with van der Waals surface area (Å²) >= 11 is 5.19. The molecule has 0 unspecified atom stereocenters. The van der Waals surface area contributed by atoms with Gasteiger partial charge in [-0.05, 0) is 17.5 Å². The average Bonchev–Trinajstić information content (AvgIpc) is 2.12. The Labute approximate surface area is 76.9 Å². The number of nitrogens with two attached hydrogens (primary N) is 1. The highest BCUT2D eigenvalue weighted by Gasteiger charge is 2.12. The molecule has 1 aliphatic carbocycles. The number of fused-ring (bicyclic) bond motifs is 1. The summed E-state index contributed by atoms with van der Waals surface area (Å²) in [6.45, 7) is 0. The highest BCUT2D eigenvalue weighted by atomic mass is 32.1. The second-order valence-corrected chi connectivity index (χ2v) is 3.26. The van der Waals surface area contributed by atoms with Crippen LogP contribution in [0.1, 0.15) is 11.1 Å². The van der Waals surface area contributed by atoms with Crippen molar-refractivity contribution >= 4 is 17.1 Å². The second-order valence-electron chi connectivity index (χ2n) is 2.85. The third-order valence-electron chi connectivity index (χ3n) is 2.07. The Hall–Kier alpha value is -1.15. The molecule has 0 atom stereocenters. The molecule has 0 fully saturated rings. The molecule has 2 N–H and O–H groups in total. The van der Waals surface area contributed by atoms with Crippen LogP contribution in [-0.4, -0.2) is 4.86 Å². The normalized spacial score (nSPS) is 15.3. The lowest BCUT2D eigenvalue weighted by atomic mass is 9.95. The molecular weight excluding hydrogens is 166 g/mol. The van der Waals surface area contributed by atoms with E-state index in [4.69, 9.17) is 18.0 Å². The van der Waals surface area contributed by atoms with Crippen LogP contribution in [0.25, 0.3) is 0 Å². The lowest BCUT2D eigenvalue weighted by Gasteiger charge is -2.14. The third-order valence-corrected chi connectivity index (χ3v) is 2.52. The van der Waals surface area contributed by atoms with Gasteiger partial charge in [-0.15, -0.1) is 0 Å². The summed E-state index contributed by atoms with van der Waals surface area (Å²) in [4.78, 5) is 0.789. The van der Waals surface area contributed by atoms with Crippen LogP contribution in [0, 0.1) is 0 Å². The highest BCUT2D eigenvalue weighted by molar-refractivity contribution is 7.81. The molecule has 1 aromatic rings. The van der Waals surface area contributed by atoms with E-state index in [2.05, 4.69) is 6.07 Å². The Morgan fingerprint density at radius 2 is 2.00 bits per heavy atom. The van der Waals surface area contributed by atoms with E-state index in [9.17, 15) is 0 Å². The van der Waals surface area contributed by atoms with Crippen molar-refractivity contribution in [2.24, 2.45) is 5.73 Å². The minimum absolute atomic E-state index is 0.740. The van der Waals surface area contributed by atoms with Gasteiger partial charge in [0.2, 0.25) is 0 Å². The van der Waals surface area contributed by atoms with Crippen LogP contribution >= 0.6 is 12.2 Å². The summed E-state index contributed by atoms with van der Waals surface area (Å²) in [5.74, 6) is 0. The number of rotatable bonds is 0. The zero-order valence-corrected chi connectivity index (χ0v) is 7.40. The fourth-order valence-corrected chi connectivity index (χ4v) is 1.67. The summed E-state index contributed by atoms with van der Waals surface area (Å²) in [7, 11) is 0. The second kappa shape index (κ2) is 2.72. The molecule has 0 heterocycles. The van der Waals surface area contributed by atoms with Crippen LogP contribution < -0.4 is 5.73 Å². The van der Waals surface area contributed by atoms with E-state index in [0.717, 1.165) is 22.5 Å². The van der Waals surface area contributed by atoms with Gasteiger partial charge in [0, 0.05) is 5.70 Å². The summed E-state index contributed by atoms with van der Waals surface area (Å²) < 4.78 is 0. The minimum atomic E-state index is 0.740. The molecule has 0 bridgehead atoms. The predicted octanol–water partition coefficient (Wildman–Crippen LogP) is 1.80. The Bertz CT molecular complexity index is 366. The number of allylic oxidation sites excluding steroid dienone is 2. The van der Waals surface area contributed by atoms with Gasteiger partial charge in [0.1, 0.15) is 0 Å². The molecule has 0 saturated heterocycles. The zero-order chi connectivity index (χ0) is 8.55. The molecule has 0 spiro atoms. The number of hydrogen-bond donors (Lipinski definition) is 1. The van der Waals surface area contributed by atoms with Crippen LogP contribution in [-0.2, 0) is 6.42 Å². The molecule has 0 amide bonds. The maximum absolute atomic E-state index is 5.71. The number of benzene rings is 1. The van der Waals surface area contributed by atoms with Crippen molar-refractivity contribution in [1.82, 2.24) is 0 Å². The number of thiocarbonyl (C=S) groups is 1. The van der Waals surface area contributed by atoms with Crippen LogP contribution in [0.4, 0.5) is 0 Å². The summed E-state index contributed by atoms with van der Waals surface area (Å²) in [5, 5.41) is 0. The molecular formula is C10H9NS. The minimum Gasteiger partial charge on any atom is -0.398 e. The molecule has 0 radical (unpaired) electrons. The lowest BCUT2D eigenvalue weighted by Crippen LogP contribution is -2.16. The Morgan fingerprint density at radius 1 is 1.25 bits per heavy atom.